The zero-order valence-corrected chi connectivity index (χ0v) is 22.6. The van der Waals surface area contributed by atoms with E-state index in [9.17, 15) is 9.59 Å². The molecule has 2 amide bonds. The number of benzene rings is 2. The zero-order chi connectivity index (χ0) is 26.8. The number of hydrogen-bond donors (Lipinski definition) is 2. The van der Waals surface area contributed by atoms with Crippen molar-refractivity contribution in [2.24, 2.45) is 10.8 Å². The van der Waals surface area contributed by atoms with Gasteiger partial charge in [0.05, 0.1) is 0 Å². The quantitative estimate of drug-likeness (QED) is 0.570. The molecule has 7 rings (SSSR count). The Morgan fingerprint density at radius 3 is 1.47 bits per heavy atom. The number of carbonyl (C=O) groups is 2. The minimum Gasteiger partial charge on any atom is -0.364 e. The highest BCUT2D eigenvalue weighted by Crippen LogP contribution is 2.64. The predicted molar refractivity (Wildman–Crippen MR) is 150 cm³/mol. The van der Waals surface area contributed by atoms with Gasteiger partial charge in [0, 0.05) is 22.2 Å². The highest BCUT2D eigenvalue weighted by molar-refractivity contribution is 6.00. The van der Waals surface area contributed by atoms with Crippen LogP contribution in [-0.2, 0) is 20.4 Å². The zero-order valence-electron chi connectivity index (χ0n) is 22.6. The number of anilines is 2. The smallest absolute Gasteiger partial charge is 0.247 e. The molecule has 5 aliphatic heterocycles. The molecule has 38 heavy (non-hydrogen) atoms. The molecule has 6 heteroatoms. The molecule has 0 aromatic heterocycles. The maximum Gasteiger partial charge on any atom is 0.247 e. The van der Waals surface area contributed by atoms with Gasteiger partial charge in [0.1, 0.15) is 24.4 Å². The van der Waals surface area contributed by atoms with E-state index < -0.39 is 22.9 Å². The number of fused-ring (bicyclic) bond motifs is 10. The molecule has 0 spiro atoms. The Morgan fingerprint density at radius 1 is 0.737 bits per heavy atom. The first-order valence-electron chi connectivity index (χ1n) is 13.7. The molecule has 2 aromatic rings. The van der Waals surface area contributed by atoms with Crippen LogP contribution >= 0.6 is 0 Å². The average molecular weight is 509 g/mol. The van der Waals surface area contributed by atoms with Crippen molar-refractivity contribution >= 4 is 23.2 Å². The molecule has 2 aromatic carbocycles. The largest absolute Gasteiger partial charge is 0.364 e. The highest BCUT2D eigenvalue weighted by Gasteiger charge is 2.73. The first kappa shape index (κ1) is 23.6. The van der Waals surface area contributed by atoms with Gasteiger partial charge in [-0.05, 0) is 46.9 Å². The molecule has 5 heterocycles. The predicted octanol–water partition coefficient (Wildman–Crippen LogP) is 5.01. The van der Waals surface area contributed by atoms with Gasteiger partial charge >= 0.3 is 0 Å². The van der Waals surface area contributed by atoms with Gasteiger partial charge in [-0.1, -0.05) is 76.2 Å². The Morgan fingerprint density at radius 2 is 1.11 bits per heavy atom. The molecule has 0 unspecified atom stereocenters. The maximum absolute atomic E-state index is 14.6. The van der Waals surface area contributed by atoms with E-state index in [0.29, 0.717) is 12.8 Å². The molecule has 2 N–H and O–H groups in total. The van der Waals surface area contributed by atoms with E-state index in [0.717, 1.165) is 11.4 Å². The highest BCUT2D eigenvalue weighted by atomic mass is 16.2. The Hall–Kier alpha value is -3.54. The number of nitrogens with one attached hydrogen (secondary N) is 2. The summed E-state index contributed by atoms with van der Waals surface area (Å²) >= 11 is 0. The monoisotopic (exact) mass is 508 g/mol. The number of para-hydroxylation sites is 2. The first-order valence-corrected chi connectivity index (χ1v) is 13.7. The van der Waals surface area contributed by atoms with Crippen LogP contribution in [0.4, 0.5) is 11.4 Å². The van der Waals surface area contributed by atoms with Crippen LogP contribution in [0, 0.1) is 10.8 Å². The fraction of sp³-hybridized carbons (Fsp3) is 0.438. The van der Waals surface area contributed by atoms with Gasteiger partial charge in [0.25, 0.3) is 0 Å². The van der Waals surface area contributed by atoms with Crippen molar-refractivity contribution in [3.63, 3.8) is 0 Å². The number of amides is 2. The second kappa shape index (κ2) is 7.10. The molecule has 6 nitrogen and oxygen atoms in total. The molecule has 196 valence electrons. The van der Waals surface area contributed by atoms with E-state index in [-0.39, 0.29) is 35.0 Å². The molecule has 0 aliphatic carbocycles. The Kier molecular flexibility index (Phi) is 4.40. The fourth-order valence-corrected chi connectivity index (χ4v) is 8.66. The third kappa shape index (κ3) is 2.37. The lowest BCUT2D eigenvalue weighted by Gasteiger charge is -2.45. The first-order chi connectivity index (χ1) is 18.1. The number of rotatable bonds is 4. The van der Waals surface area contributed by atoms with Crippen molar-refractivity contribution in [2.45, 2.75) is 75.8 Å². The minimum atomic E-state index is -0.531. The van der Waals surface area contributed by atoms with E-state index >= 15 is 0 Å². The van der Waals surface area contributed by atoms with Gasteiger partial charge in [-0.15, -0.1) is 13.2 Å². The van der Waals surface area contributed by atoms with E-state index in [2.05, 4.69) is 75.8 Å². The molecule has 0 radical (unpaired) electrons. The van der Waals surface area contributed by atoms with Crippen LogP contribution in [0.5, 0.6) is 0 Å². The minimum absolute atomic E-state index is 0.0366. The third-order valence-corrected chi connectivity index (χ3v) is 11.0. The number of allylic oxidation sites excluding steroid dienone is 2. The summed E-state index contributed by atoms with van der Waals surface area (Å²) < 4.78 is 0. The molecule has 3 fully saturated rings. The summed E-state index contributed by atoms with van der Waals surface area (Å²) in [5.74, 6) is 0.0733. The summed E-state index contributed by atoms with van der Waals surface area (Å²) in [6.45, 7) is 17.1. The summed E-state index contributed by atoms with van der Waals surface area (Å²) in [5.41, 5.74) is 2.80. The van der Waals surface area contributed by atoms with Gasteiger partial charge in [0.2, 0.25) is 11.8 Å². The van der Waals surface area contributed by atoms with Gasteiger partial charge in [0.15, 0.2) is 0 Å². The normalized spacial score (nSPS) is 34.4. The van der Waals surface area contributed by atoms with Crippen LogP contribution in [0.3, 0.4) is 0 Å². The number of carbonyl (C=O) groups excluding carboxylic acids is 2. The Labute approximate surface area is 224 Å². The SMILES string of the molecule is C=CC(C)(C)[C@@]12C[C@@H]3C(=O)N4[C@H](C[C@@]5(C(C)(C)C=C)c6ccccc6N[C@@H]45)C(=O)N3[C@@H]1Nc1ccccc12. The molecular formula is C32H36N4O2. The summed E-state index contributed by atoms with van der Waals surface area (Å²) in [6.07, 6.45) is 4.50. The summed E-state index contributed by atoms with van der Waals surface area (Å²) in [4.78, 5) is 33.0. The lowest BCUT2D eigenvalue weighted by atomic mass is 9.60. The standard InChI is InChI=1S/C32H36N4O2/c1-7-29(3,4)31-17-23-25(37)36-24(26(38)35(23)27(31)33-21-15-11-9-13-19(21)31)18-32(30(5,6)8-2)20-14-10-12-16-22(20)34-28(32)36/h7-16,23-24,27-28,33-34H,1-2,17-18H2,3-6H3/t23-,24-,27+,28+,31-,32-/m1/s1. The van der Waals surface area contributed by atoms with Crippen molar-refractivity contribution in [3.8, 4) is 0 Å². The third-order valence-electron chi connectivity index (χ3n) is 11.0. The van der Waals surface area contributed by atoms with Crippen molar-refractivity contribution in [1.82, 2.24) is 9.80 Å². The summed E-state index contributed by atoms with van der Waals surface area (Å²) in [7, 11) is 0. The molecule has 5 aliphatic rings. The van der Waals surface area contributed by atoms with Crippen LogP contribution in [0.15, 0.2) is 73.8 Å². The van der Waals surface area contributed by atoms with E-state index in [1.807, 2.05) is 46.2 Å². The van der Waals surface area contributed by atoms with E-state index in [4.69, 9.17) is 0 Å². The molecular weight excluding hydrogens is 472 g/mol. The molecule has 3 saturated heterocycles. The molecule has 6 atom stereocenters. The van der Waals surface area contributed by atoms with Gasteiger partial charge in [-0.3, -0.25) is 9.59 Å². The number of nitrogens with zero attached hydrogens (tertiary/aromatic N) is 2. The molecule has 0 bridgehead atoms. The summed E-state index contributed by atoms with van der Waals surface area (Å²) in [5, 5.41) is 7.36. The lowest BCUT2D eigenvalue weighted by molar-refractivity contribution is -0.160. The second-order valence-corrected chi connectivity index (χ2v) is 12.9. The van der Waals surface area contributed by atoms with Gasteiger partial charge in [-0.2, -0.15) is 0 Å². The fourth-order valence-electron chi connectivity index (χ4n) is 8.66. The van der Waals surface area contributed by atoms with Crippen LogP contribution < -0.4 is 10.6 Å². The van der Waals surface area contributed by atoms with Crippen molar-refractivity contribution in [2.75, 3.05) is 10.6 Å². The van der Waals surface area contributed by atoms with E-state index in [1.54, 1.807) is 0 Å². The average Bonchev–Trinajstić information content (AvgIpc) is 3.62. The van der Waals surface area contributed by atoms with Crippen LogP contribution in [0.2, 0.25) is 0 Å². The lowest BCUT2D eigenvalue weighted by Crippen LogP contribution is -2.66. The molecule has 0 saturated carbocycles. The van der Waals surface area contributed by atoms with Crippen molar-refractivity contribution in [3.05, 3.63) is 85.0 Å². The van der Waals surface area contributed by atoms with Gasteiger partial charge in [-0.25, -0.2) is 0 Å². The summed E-state index contributed by atoms with van der Waals surface area (Å²) in [6, 6.07) is 15.5. The Balaban J connectivity index is 1.38. The Bertz CT molecular complexity index is 1320. The van der Waals surface area contributed by atoms with Crippen LogP contribution in [-0.4, -0.2) is 46.0 Å². The van der Waals surface area contributed by atoms with Gasteiger partial charge < -0.3 is 20.4 Å². The maximum atomic E-state index is 14.6. The van der Waals surface area contributed by atoms with E-state index in [1.165, 1.54) is 11.1 Å². The van der Waals surface area contributed by atoms with Crippen LogP contribution in [0.1, 0.15) is 51.7 Å². The number of piperazine rings is 1. The second-order valence-electron chi connectivity index (χ2n) is 12.9. The number of hydrogen-bond acceptors (Lipinski definition) is 4. The topological polar surface area (TPSA) is 64.7 Å². The van der Waals surface area contributed by atoms with Crippen LogP contribution in [0.25, 0.3) is 0 Å². The van der Waals surface area contributed by atoms with Crippen molar-refractivity contribution < 1.29 is 9.59 Å². The van der Waals surface area contributed by atoms with Crippen molar-refractivity contribution in [1.29, 1.82) is 0 Å².